The van der Waals surface area contributed by atoms with Crippen molar-refractivity contribution in [2.24, 2.45) is 23.2 Å². The molecule has 39 heavy (non-hydrogen) atoms. The molecule has 0 aliphatic heterocycles. The van der Waals surface area contributed by atoms with Crippen LogP contribution < -0.4 is 0 Å². The molecule has 5 rings (SSSR count). The first-order chi connectivity index (χ1) is 18.7. The summed E-state index contributed by atoms with van der Waals surface area (Å²) in [5.41, 5.74) is 3.06. The Morgan fingerprint density at radius 3 is 2.69 bits per heavy atom. The molecule has 6 nitrogen and oxygen atoms in total. The maximum atomic E-state index is 11.2. The highest BCUT2D eigenvalue weighted by atomic mass is 16.5. The zero-order valence-corrected chi connectivity index (χ0v) is 24.1. The highest BCUT2D eigenvalue weighted by molar-refractivity contribution is 5.38. The molecular formula is C33H48N2O4. The fourth-order valence-electron chi connectivity index (χ4n) is 7.87. The number of unbranched alkanes of at least 4 members (excludes halogenated alkanes) is 1. The monoisotopic (exact) mass is 536 g/mol. The van der Waals surface area contributed by atoms with Crippen molar-refractivity contribution in [3.8, 4) is 0 Å². The number of rotatable bonds is 9. The van der Waals surface area contributed by atoms with E-state index < -0.39 is 23.7 Å². The van der Waals surface area contributed by atoms with Crippen molar-refractivity contribution in [3.05, 3.63) is 59.3 Å². The average molecular weight is 537 g/mol. The quantitative estimate of drug-likeness (QED) is 0.328. The van der Waals surface area contributed by atoms with Crippen LogP contribution in [0.5, 0.6) is 0 Å². The molecule has 6 heteroatoms. The molecule has 0 amide bonds. The topological polar surface area (TPSA) is 99.6 Å². The van der Waals surface area contributed by atoms with Gasteiger partial charge in [0.05, 0.1) is 23.7 Å². The second kappa shape index (κ2) is 11.5. The highest BCUT2D eigenvalue weighted by Gasteiger charge is 2.55. The maximum Gasteiger partial charge on any atom is 0.235 e. The Bertz CT molecular complexity index is 1130. The fourth-order valence-corrected chi connectivity index (χ4v) is 7.87. The molecule has 4 aliphatic rings. The molecule has 0 aromatic carbocycles. The van der Waals surface area contributed by atoms with Crippen LogP contribution in [0.4, 0.5) is 0 Å². The van der Waals surface area contributed by atoms with Crippen LogP contribution in [0.1, 0.15) is 103 Å². The number of aryl methyl sites for hydroxylation is 1. The lowest BCUT2D eigenvalue weighted by Crippen LogP contribution is -2.35. The van der Waals surface area contributed by atoms with Gasteiger partial charge in [0, 0.05) is 12.8 Å². The lowest BCUT2D eigenvalue weighted by molar-refractivity contribution is 0.0862. The van der Waals surface area contributed by atoms with Crippen molar-refractivity contribution in [2.45, 2.75) is 122 Å². The lowest BCUT2D eigenvalue weighted by atomic mass is 9.61. The third-order valence-electron chi connectivity index (χ3n) is 10.5. The van der Waals surface area contributed by atoms with Crippen molar-refractivity contribution in [3.63, 3.8) is 0 Å². The SMILES string of the molecule is C=C1/C(=C\C=C2/CCC[C@]3(C)[C@@H]([C@H](C)/C=C/[C@@H](O)C4(c5nc(CCCC)no5)CC4)CC[C@@H]23)C[C@@H](O)C[C@@H]1O. The number of allylic oxidation sites excluding steroid dienone is 4. The summed E-state index contributed by atoms with van der Waals surface area (Å²) in [5.74, 6) is 2.84. The first kappa shape index (κ1) is 28.5. The van der Waals surface area contributed by atoms with Gasteiger partial charge < -0.3 is 19.8 Å². The van der Waals surface area contributed by atoms with Crippen LogP contribution in [0.25, 0.3) is 0 Å². The van der Waals surface area contributed by atoms with Crippen LogP contribution in [-0.4, -0.2) is 43.8 Å². The van der Waals surface area contributed by atoms with Crippen molar-refractivity contribution in [1.29, 1.82) is 0 Å². The van der Waals surface area contributed by atoms with E-state index in [1.165, 1.54) is 31.3 Å². The number of aliphatic hydroxyl groups is 3. The van der Waals surface area contributed by atoms with Gasteiger partial charge in [-0.05, 0) is 92.1 Å². The van der Waals surface area contributed by atoms with Crippen LogP contribution in [0.2, 0.25) is 0 Å². The number of hydrogen-bond acceptors (Lipinski definition) is 6. The van der Waals surface area contributed by atoms with Crippen LogP contribution in [0, 0.1) is 23.2 Å². The summed E-state index contributed by atoms with van der Waals surface area (Å²) in [6.45, 7) is 11.0. The molecule has 214 valence electrons. The first-order valence-electron chi connectivity index (χ1n) is 15.3. The molecule has 4 saturated carbocycles. The van der Waals surface area contributed by atoms with Gasteiger partial charge in [0.15, 0.2) is 5.82 Å². The normalized spacial score (nSPS) is 36.0. The van der Waals surface area contributed by atoms with E-state index in [-0.39, 0.29) is 5.41 Å². The Morgan fingerprint density at radius 1 is 1.15 bits per heavy atom. The fraction of sp³-hybridized carbons (Fsp3) is 0.697. The van der Waals surface area contributed by atoms with Gasteiger partial charge in [0.25, 0.3) is 0 Å². The minimum absolute atomic E-state index is 0.234. The molecule has 4 fully saturated rings. The third-order valence-corrected chi connectivity index (χ3v) is 10.5. The number of fused-ring (bicyclic) bond motifs is 1. The van der Waals surface area contributed by atoms with E-state index in [9.17, 15) is 15.3 Å². The Kier molecular flexibility index (Phi) is 8.38. The number of aliphatic hydroxyl groups excluding tert-OH is 3. The zero-order chi connectivity index (χ0) is 27.8. The van der Waals surface area contributed by atoms with E-state index in [4.69, 9.17) is 4.52 Å². The summed E-state index contributed by atoms with van der Waals surface area (Å²) in [5, 5.41) is 35.7. The number of aromatic nitrogens is 2. The second-order valence-electron chi connectivity index (χ2n) is 13.1. The summed E-state index contributed by atoms with van der Waals surface area (Å²) in [6.07, 6.45) is 18.5. The number of nitrogens with zero attached hydrogens (tertiary/aromatic N) is 2. The van der Waals surface area contributed by atoms with Crippen molar-refractivity contribution < 1.29 is 19.8 Å². The van der Waals surface area contributed by atoms with Gasteiger partial charge in [-0.1, -0.05) is 68.8 Å². The second-order valence-corrected chi connectivity index (χ2v) is 13.1. The molecule has 3 N–H and O–H groups in total. The van der Waals surface area contributed by atoms with Gasteiger partial charge in [0.1, 0.15) is 0 Å². The minimum atomic E-state index is -0.647. The predicted molar refractivity (Wildman–Crippen MR) is 153 cm³/mol. The molecular weight excluding hydrogens is 488 g/mol. The van der Waals surface area contributed by atoms with Crippen LogP contribution >= 0.6 is 0 Å². The van der Waals surface area contributed by atoms with E-state index in [1.807, 2.05) is 6.08 Å². The van der Waals surface area contributed by atoms with Gasteiger partial charge in [-0.2, -0.15) is 4.98 Å². The van der Waals surface area contributed by atoms with E-state index in [2.05, 4.69) is 55.7 Å². The minimum Gasteiger partial charge on any atom is -0.393 e. The van der Waals surface area contributed by atoms with E-state index in [0.717, 1.165) is 55.5 Å². The van der Waals surface area contributed by atoms with Crippen LogP contribution in [-0.2, 0) is 11.8 Å². The van der Waals surface area contributed by atoms with Gasteiger partial charge in [0.2, 0.25) is 5.89 Å². The first-order valence-corrected chi connectivity index (χ1v) is 15.3. The summed E-state index contributed by atoms with van der Waals surface area (Å²) >= 11 is 0. The highest BCUT2D eigenvalue weighted by Crippen LogP contribution is 2.60. The largest absolute Gasteiger partial charge is 0.393 e. The van der Waals surface area contributed by atoms with Crippen molar-refractivity contribution >= 4 is 0 Å². The zero-order valence-electron chi connectivity index (χ0n) is 24.1. The maximum absolute atomic E-state index is 11.2. The van der Waals surface area contributed by atoms with Gasteiger partial charge in [-0.25, -0.2) is 0 Å². The molecule has 4 aliphatic carbocycles. The Balaban J connectivity index is 1.26. The average Bonchev–Trinajstić information content (AvgIpc) is 3.44. The molecule has 1 aromatic heterocycles. The summed E-state index contributed by atoms with van der Waals surface area (Å²) < 4.78 is 5.60. The predicted octanol–water partition coefficient (Wildman–Crippen LogP) is 6.14. The molecule has 0 bridgehead atoms. The molecule has 0 saturated heterocycles. The van der Waals surface area contributed by atoms with Crippen molar-refractivity contribution in [2.75, 3.05) is 0 Å². The Morgan fingerprint density at radius 2 is 1.95 bits per heavy atom. The molecule has 1 heterocycles. The van der Waals surface area contributed by atoms with Gasteiger partial charge in [-0.15, -0.1) is 0 Å². The molecule has 0 radical (unpaired) electrons. The van der Waals surface area contributed by atoms with Crippen LogP contribution in [0.15, 0.2) is 52.1 Å². The lowest BCUT2D eigenvalue weighted by Gasteiger charge is -2.44. The van der Waals surface area contributed by atoms with E-state index in [0.29, 0.717) is 36.5 Å². The van der Waals surface area contributed by atoms with Crippen LogP contribution in [0.3, 0.4) is 0 Å². The Labute approximate surface area is 234 Å². The van der Waals surface area contributed by atoms with Gasteiger partial charge in [-0.3, -0.25) is 0 Å². The van der Waals surface area contributed by atoms with Gasteiger partial charge >= 0.3 is 0 Å². The summed E-state index contributed by atoms with van der Waals surface area (Å²) in [7, 11) is 0. The van der Waals surface area contributed by atoms with E-state index >= 15 is 0 Å². The standard InChI is InChI=1S/C33H48N2O4/c1-5-6-9-30-34-31(39-35-30)33(17-18-33)29(38)15-10-21(2)26-13-14-27-23(8-7-16-32(26,27)4)11-12-24-19-25(36)20-28(37)22(24)3/h10-12,15,21,25-29,36-38H,3,5-9,13-14,16-20H2,1-2,4H3/b15-10+,23-11+,24-12-/t21-,25-,26-,27+,28+,29-,32-/m1/s1. The molecule has 0 unspecified atom stereocenters. The number of hydrogen-bond donors (Lipinski definition) is 3. The summed E-state index contributed by atoms with van der Waals surface area (Å²) in [6, 6.07) is 0. The van der Waals surface area contributed by atoms with Crippen molar-refractivity contribution in [1.82, 2.24) is 10.1 Å². The Hall–Kier alpha value is -2.02. The third kappa shape index (κ3) is 5.62. The molecule has 0 spiro atoms. The smallest absolute Gasteiger partial charge is 0.235 e. The molecule has 7 atom stereocenters. The summed E-state index contributed by atoms with van der Waals surface area (Å²) in [4.78, 5) is 4.63. The molecule has 1 aromatic rings. The van der Waals surface area contributed by atoms with E-state index in [1.54, 1.807) is 0 Å².